The number of carbonyl (C=O) groups is 1. The lowest BCUT2D eigenvalue weighted by molar-refractivity contribution is -0.113. The minimum absolute atomic E-state index is 0.432. The molecule has 0 aliphatic heterocycles. The first-order valence-corrected chi connectivity index (χ1v) is 4.35. The molecule has 0 saturated heterocycles. The zero-order valence-corrected chi connectivity index (χ0v) is 8.40. The quantitative estimate of drug-likeness (QED) is 0.729. The maximum atomic E-state index is 10.6. The van der Waals surface area contributed by atoms with Gasteiger partial charge in [-0.2, -0.15) is 0 Å². The Kier molecular flexibility index (Phi) is 3.29. The molecule has 0 unspecified atom stereocenters. The summed E-state index contributed by atoms with van der Waals surface area (Å²) >= 11 is 0. The van der Waals surface area contributed by atoms with Crippen molar-refractivity contribution in [2.75, 3.05) is 19.0 Å². The summed E-state index contributed by atoms with van der Waals surface area (Å²) in [5, 5.41) is 0. The van der Waals surface area contributed by atoms with Crippen molar-refractivity contribution in [3.8, 4) is 0 Å². The third kappa shape index (κ3) is 2.62. The fraction of sp³-hybridized carbons (Fsp3) is 0.182. The molecule has 1 aromatic carbocycles. The molecule has 0 aliphatic carbocycles. The Balaban J connectivity index is 3.01. The van der Waals surface area contributed by atoms with E-state index in [2.05, 4.69) is 0 Å². The van der Waals surface area contributed by atoms with Crippen LogP contribution in [0.2, 0.25) is 0 Å². The van der Waals surface area contributed by atoms with Crippen LogP contribution in [0.5, 0.6) is 0 Å². The average molecular weight is 190 g/mol. The van der Waals surface area contributed by atoms with Crippen LogP contribution in [0.1, 0.15) is 5.56 Å². The van der Waals surface area contributed by atoms with E-state index in [-0.39, 0.29) is 0 Å². The molecule has 0 atom stereocenters. The van der Waals surface area contributed by atoms with Crippen molar-refractivity contribution < 1.29 is 4.79 Å². The topological polar surface area (TPSA) is 46.3 Å². The number of anilines is 1. The Morgan fingerprint density at radius 2 is 2.00 bits per heavy atom. The van der Waals surface area contributed by atoms with E-state index in [1.165, 1.54) is 6.08 Å². The molecular formula is C11H14N2O. The van der Waals surface area contributed by atoms with Gasteiger partial charge in [0.1, 0.15) is 0 Å². The summed E-state index contributed by atoms with van der Waals surface area (Å²) in [6.07, 6.45) is 3.08. The van der Waals surface area contributed by atoms with Crippen LogP contribution in [0, 0.1) is 0 Å². The van der Waals surface area contributed by atoms with Gasteiger partial charge in [-0.15, -0.1) is 0 Å². The molecule has 74 valence electrons. The maximum absolute atomic E-state index is 10.6. The number of benzene rings is 1. The molecule has 1 aromatic rings. The van der Waals surface area contributed by atoms with Gasteiger partial charge in [0.05, 0.1) is 0 Å². The van der Waals surface area contributed by atoms with Crippen molar-refractivity contribution in [1.82, 2.24) is 0 Å². The molecule has 0 saturated carbocycles. The summed E-state index contributed by atoms with van der Waals surface area (Å²) in [6, 6.07) is 7.81. The largest absolute Gasteiger partial charge is 0.377 e. The third-order valence-electron chi connectivity index (χ3n) is 1.85. The van der Waals surface area contributed by atoms with E-state index < -0.39 is 5.91 Å². The van der Waals surface area contributed by atoms with E-state index in [4.69, 9.17) is 5.73 Å². The molecule has 0 bridgehead atoms. The molecule has 0 radical (unpaired) electrons. The van der Waals surface area contributed by atoms with E-state index in [0.717, 1.165) is 11.3 Å². The highest BCUT2D eigenvalue weighted by Crippen LogP contribution is 2.18. The minimum atomic E-state index is -0.432. The first kappa shape index (κ1) is 10.3. The number of carbonyl (C=O) groups excluding carboxylic acids is 1. The molecule has 2 N–H and O–H groups in total. The van der Waals surface area contributed by atoms with Gasteiger partial charge in [0.2, 0.25) is 5.91 Å². The summed E-state index contributed by atoms with van der Waals surface area (Å²) in [7, 11) is 3.91. The number of hydrogen-bond acceptors (Lipinski definition) is 2. The Labute approximate surface area is 83.8 Å². The zero-order chi connectivity index (χ0) is 10.6. The minimum Gasteiger partial charge on any atom is -0.377 e. The first-order valence-electron chi connectivity index (χ1n) is 4.35. The SMILES string of the molecule is CN(C)c1ccccc1C=CC(N)=O. The Morgan fingerprint density at radius 3 is 2.57 bits per heavy atom. The van der Waals surface area contributed by atoms with Gasteiger partial charge in [-0.3, -0.25) is 4.79 Å². The second-order valence-corrected chi connectivity index (χ2v) is 3.19. The summed E-state index contributed by atoms with van der Waals surface area (Å²) in [6.45, 7) is 0. The standard InChI is InChI=1S/C11H14N2O/c1-13(2)10-6-4-3-5-9(10)7-8-11(12)14/h3-8H,1-2H3,(H2,12,14). The summed E-state index contributed by atoms with van der Waals surface area (Å²) in [4.78, 5) is 12.6. The number of primary amides is 1. The van der Waals surface area contributed by atoms with E-state index in [0.29, 0.717) is 0 Å². The molecule has 3 heteroatoms. The molecule has 1 amide bonds. The summed E-state index contributed by atoms with van der Waals surface area (Å²) in [5.41, 5.74) is 7.07. The lowest BCUT2D eigenvalue weighted by atomic mass is 10.1. The molecule has 0 heterocycles. The molecule has 3 nitrogen and oxygen atoms in total. The predicted octanol–water partition coefficient (Wildman–Crippen LogP) is 1.25. The van der Waals surface area contributed by atoms with Crippen LogP contribution in [-0.4, -0.2) is 20.0 Å². The van der Waals surface area contributed by atoms with Gasteiger partial charge >= 0.3 is 0 Å². The highest BCUT2D eigenvalue weighted by atomic mass is 16.1. The predicted molar refractivity (Wildman–Crippen MR) is 59.0 cm³/mol. The molecular weight excluding hydrogens is 176 g/mol. The second-order valence-electron chi connectivity index (χ2n) is 3.19. The fourth-order valence-electron chi connectivity index (χ4n) is 1.21. The number of amides is 1. The third-order valence-corrected chi connectivity index (χ3v) is 1.85. The number of rotatable bonds is 3. The Bertz CT molecular complexity index is 356. The van der Waals surface area contributed by atoms with Crippen molar-refractivity contribution in [3.63, 3.8) is 0 Å². The average Bonchev–Trinajstić information content (AvgIpc) is 2.15. The van der Waals surface area contributed by atoms with Crippen LogP contribution in [0.15, 0.2) is 30.3 Å². The molecule has 0 aromatic heterocycles. The number of nitrogens with zero attached hydrogens (tertiary/aromatic N) is 1. The molecule has 14 heavy (non-hydrogen) atoms. The van der Waals surface area contributed by atoms with E-state index >= 15 is 0 Å². The highest BCUT2D eigenvalue weighted by molar-refractivity contribution is 5.91. The van der Waals surface area contributed by atoms with Gasteiger partial charge in [0, 0.05) is 25.9 Å². The fourth-order valence-corrected chi connectivity index (χ4v) is 1.21. The Hall–Kier alpha value is -1.77. The lowest BCUT2D eigenvalue weighted by Crippen LogP contribution is -2.10. The van der Waals surface area contributed by atoms with Crippen LogP contribution in [0.3, 0.4) is 0 Å². The monoisotopic (exact) mass is 190 g/mol. The molecule has 0 fully saturated rings. The van der Waals surface area contributed by atoms with Crippen molar-refractivity contribution in [1.29, 1.82) is 0 Å². The molecule has 0 aliphatic rings. The van der Waals surface area contributed by atoms with Crippen LogP contribution >= 0.6 is 0 Å². The van der Waals surface area contributed by atoms with Crippen LogP contribution < -0.4 is 10.6 Å². The van der Waals surface area contributed by atoms with Crippen molar-refractivity contribution in [2.45, 2.75) is 0 Å². The smallest absolute Gasteiger partial charge is 0.241 e. The van der Waals surface area contributed by atoms with Gasteiger partial charge < -0.3 is 10.6 Å². The van der Waals surface area contributed by atoms with Gasteiger partial charge in [0.25, 0.3) is 0 Å². The van der Waals surface area contributed by atoms with Crippen molar-refractivity contribution >= 4 is 17.7 Å². The summed E-state index contributed by atoms with van der Waals surface area (Å²) in [5.74, 6) is -0.432. The Morgan fingerprint density at radius 1 is 1.36 bits per heavy atom. The normalized spacial score (nSPS) is 10.4. The van der Waals surface area contributed by atoms with Gasteiger partial charge in [0.15, 0.2) is 0 Å². The number of hydrogen-bond donors (Lipinski definition) is 1. The van der Waals surface area contributed by atoms with Crippen LogP contribution in [0.25, 0.3) is 6.08 Å². The molecule has 0 spiro atoms. The maximum Gasteiger partial charge on any atom is 0.241 e. The van der Waals surface area contributed by atoms with Crippen molar-refractivity contribution in [3.05, 3.63) is 35.9 Å². The lowest BCUT2D eigenvalue weighted by Gasteiger charge is -2.14. The van der Waals surface area contributed by atoms with Gasteiger partial charge in [-0.25, -0.2) is 0 Å². The van der Waals surface area contributed by atoms with E-state index in [1.807, 2.05) is 43.3 Å². The number of nitrogens with two attached hydrogens (primary N) is 1. The van der Waals surface area contributed by atoms with Crippen LogP contribution in [0.4, 0.5) is 5.69 Å². The summed E-state index contributed by atoms with van der Waals surface area (Å²) < 4.78 is 0. The van der Waals surface area contributed by atoms with E-state index in [9.17, 15) is 4.79 Å². The first-order chi connectivity index (χ1) is 6.61. The van der Waals surface area contributed by atoms with Crippen molar-refractivity contribution in [2.24, 2.45) is 5.73 Å². The second kappa shape index (κ2) is 4.46. The van der Waals surface area contributed by atoms with Gasteiger partial charge in [-0.1, -0.05) is 18.2 Å². The van der Waals surface area contributed by atoms with Gasteiger partial charge in [-0.05, 0) is 17.7 Å². The van der Waals surface area contributed by atoms with E-state index in [1.54, 1.807) is 6.08 Å². The highest BCUT2D eigenvalue weighted by Gasteiger charge is 1.99. The van der Waals surface area contributed by atoms with Crippen LogP contribution in [-0.2, 0) is 4.79 Å². The zero-order valence-electron chi connectivity index (χ0n) is 8.40. The number of para-hydroxylation sites is 1. The molecule has 1 rings (SSSR count).